The third kappa shape index (κ3) is 4.37. The third-order valence-electron chi connectivity index (χ3n) is 3.40. The second-order valence-corrected chi connectivity index (χ2v) is 4.97. The SMILES string of the molecule is CC[C@@H](c1cc(Cl)cc(F)c1O)N1CCNCC1.Cl.Cl. The van der Waals surface area contributed by atoms with Crippen molar-refractivity contribution >= 4 is 36.4 Å². The van der Waals surface area contributed by atoms with E-state index in [9.17, 15) is 9.50 Å². The molecule has 1 fully saturated rings. The number of rotatable bonds is 3. The summed E-state index contributed by atoms with van der Waals surface area (Å²) in [6.07, 6.45) is 0.813. The number of phenols is 1. The van der Waals surface area contributed by atoms with Crippen LogP contribution in [0, 0.1) is 5.82 Å². The molecule has 1 saturated heterocycles. The van der Waals surface area contributed by atoms with Crippen LogP contribution in [0.15, 0.2) is 12.1 Å². The van der Waals surface area contributed by atoms with Crippen molar-refractivity contribution in [3.8, 4) is 5.75 Å². The van der Waals surface area contributed by atoms with Gasteiger partial charge in [0.2, 0.25) is 0 Å². The zero-order chi connectivity index (χ0) is 13.1. The maximum atomic E-state index is 13.5. The Morgan fingerprint density at radius 3 is 2.50 bits per heavy atom. The predicted octanol–water partition coefficient (Wildman–Crippen LogP) is 3.38. The first kappa shape index (κ1) is 19.7. The van der Waals surface area contributed by atoms with Crippen molar-refractivity contribution in [1.82, 2.24) is 10.2 Å². The monoisotopic (exact) mass is 344 g/mol. The molecule has 2 N–H and O–H groups in total. The highest BCUT2D eigenvalue weighted by molar-refractivity contribution is 6.30. The molecule has 1 atom stereocenters. The fourth-order valence-electron chi connectivity index (χ4n) is 2.51. The number of hydrogen-bond acceptors (Lipinski definition) is 3. The van der Waals surface area contributed by atoms with E-state index in [2.05, 4.69) is 10.2 Å². The van der Waals surface area contributed by atoms with Crippen molar-refractivity contribution in [2.24, 2.45) is 0 Å². The second kappa shape index (κ2) is 8.90. The van der Waals surface area contributed by atoms with E-state index < -0.39 is 5.82 Å². The highest BCUT2D eigenvalue weighted by Crippen LogP contribution is 2.35. The maximum Gasteiger partial charge on any atom is 0.166 e. The summed E-state index contributed by atoms with van der Waals surface area (Å²) in [6.45, 7) is 5.66. The summed E-state index contributed by atoms with van der Waals surface area (Å²) in [5.74, 6) is -0.920. The van der Waals surface area contributed by atoms with Gasteiger partial charge in [-0.3, -0.25) is 4.90 Å². The molecule has 116 valence electrons. The lowest BCUT2D eigenvalue weighted by Crippen LogP contribution is -2.45. The van der Waals surface area contributed by atoms with E-state index >= 15 is 0 Å². The molecule has 0 aliphatic carbocycles. The summed E-state index contributed by atoms with van der Waals surface area (Å²) in [5, 5.41) is 13.5. The summed E-state index contributed by atoms with van der Waals surface area (Å²) in [7, 11) is 0. The van der Waals surface area contributed by atoms with Gasteiger partial charge >= 0.3 is 0 Å². The normalized spacial score (nSPS) is 16.9. The van der Waals surface area contributed by atoms with Crippen LogP contribution in [0.5, 0.6) is 5.75 Å². The minimum atomic E-state index is -0.647. The molecular formula is C13H20Cl3FN2O. The van der Waals surface area contributed by atoms with Gasteiger partial charge < -0.3 is 10.4 Å². The lowest BCUT2D eigenvalue weighted by Gasteiger charge is -2.35. The number of piperazine rings is 1. The molecule has 0 amide bonds. The molecule has 0 saturated carbocycles. The molecule has 1 heterocycles. The van der Waals surface area contributed by atoms with Gasteiger partial charge in [-0.1, -0.05) is 18.5 Å². The lowest BCUT2D eigenvalue weighted by molar-refractivity contribution is 0.166. The van der Waals surface area contributed by atoms with Crippen molar-refractivity contribution in [1.29, 1.82) is 0 Å². The van der Waals surface area contributed by atoms with Gasteiger partial charge in [-0.05, 0) is 18.6 Å². The van der Waals surface area contributed by atoms with E-state index in [1.54, 1.807) is 6.07 Å². The maximum absolute atomic E-state index is 13.5. The van der Waals surface area contributed by atoms with E-state index in [1.165, 1.54) is 0 Å². The smallest absolute Gasteiger partial charge is 0.166 e. The third-order valence-corrected chi connectivity index (χ3v) is 3.61. The van der Waals surface area contributed by atoms with Gasteiger partial charge in [0.25, 0.3) is 0 Å². The number of benzene rings is 1. The molecule has 2 rings (SSSR count). The van der Waals surface area contributed by atoms with Crippen molar-refractivity contribution in [3.05, 3.63) is 28.5 Å². The van der Waals surface area contributed by atoms with Crippen LogP contribution in [0.1, 0.15) is 24.9 Å². The topological polar surface area (TPSA) is 35.5 Å². The van der Waals surface area contributed by atoms with Crippen LogP contribution in [0.2, 0.25) is 5.02 Å². The molecule has 0 aromatic heterocycles. The fourth-order valence-corrected chi connectivity index (χ4v) is 2.72. The molecule has 3 nitrogen and oxygen atoms in total. The van der Waals surface area contributed by atoms with Crippen LogP contribution in [-0.2, 0) is 0 Å². The first-order valence-corrected chi connectivity index (χ1v) is 6.64. The largest absolute Gasteiger partial charge is 0.505 e. The Balaban J connectivity index is 0.00000180. The average Bonchev–Trinajstić information content (AvgIpc) is 2.37. The van der Waals surface area contributed by atoms with Crippen LogP contribution < -0.4 is 5.32 Å². The van der Waals surface area contributed by atoms with Crippen molar-refractivity contribution in [3.63, 3.8) is 0 Å². The van der Waals surface area contributed by atoms with Crippen LogP contribution in [0.4, 0.5) is 4.39 Å². The molecule has 7 heteroatoms. The average molecular weight is 346 g/mol. The number of nitrogens with zero attached hydrogens (tertiary/aromatic N) is 1. The number of aromatic hydroxyl groups is 1. The molecule has 0 radical (unpaired) electrons. The molecular weight excluding hydrogens is 326 g/mol. The molecule has 0 spiro atoms. The van der Waals surface area contributed by atoms with E-state index in [0.29, 0.717) is 10.6 Å². The predicted molar refractivity (Wildman–Crippen MR) is 85.0 cm³/mol. The van der Waals surface area contributed by atoms with Crippen molar-refractivity contribution in [2.45, 2.75) is 19.4 Å². The van der Waals surface area contributed by atoms with Gasteiger partial charge in [0.1, 0.15) is 0 Å². The highest BCUT2D eigenvalue weighted by Gasteiger charge is 2.24. The lowest BCUT2D eigenvalue weighted by atomic mass is 10.0. The second-order valence-electron chi connectivity index (χ2n) is 4.54. The summed E-state index contributed by atoms with van der Waals surface area (Å²) in [5.41, 5.74) is 0.587. The number of halogens is 4. The highest BCUT2D eigenvalue weighted by atomic mass is 35.5. The van der Waals surface area contributed by atoms with Crippen LogP contribution in [0.3, 0.4) is 0 Å². The van der Waals surface area contributed by atoms with E-state index in [0.717, 1.165) is 38.7 Å². The Hall–Kier alpha value is -0.260. The first-order valence-electron chi connectivity index (χ1n) is 6.26. The number of nitrogens with one attached hydrogen (secondary N) is 1. The van der Waals surface area contributed by atoms with Crippen molar-refractivity contribution in [2.75, 3.05) is 26.2 Å². The fraction of sp³-hybridized carbons (Fsp3) is 0.538. The Bertz CT molecular complexity index is 428. The van der Waals surface area contributed by atoms with Crippen LogP contribution >= 0.6 is 36.4 Å². The summed E-state index contributed by atoms with van der Waals surface area (Å²) in [4.78, 5) is 2.25. The van der Waals surface area contributed by atoms with Gasteiger partial charge in [-0.25, -0.2) is 4.39 Å². The zero-order valence-electron chi connectivity index (χ0n) is 11.2. The molecule has 0 unspecified atom stereocenters. The summed E-state index contributed by atoms with van der Waals surface area (Å²) >= 11 is 5.88. The van der Waals surface area contributed by atoms with Gasteiger partial charge in [0.15, 0.2) is 11.6 Å². The Morgan fingerprint density at radius 1 is 1.35 bits per heavy atom. The molecule has 1 aliphatic heterocycles. The van der Waals surface area contributed by atoms with Crippen molar-refractivity contribution < 1.29 is 9.50 Å². The van der Waals surface area contributed by atoms with Crippen LogP contribution in [-0.4, -0.2) is 36.2 Å². The van der Waals surface area contributed by atoms with Gasteiger partial charge in [0.05, 0.1) is 0 Å². The zero-order valence-corrected chi connectivity index (χ0v) is 13.6. The van der Waals surface area contributed by atoms with Gasteiger partial charge in [-0.2, -0.15) is 0 Å². The molecule has 1 aliphatic rings. The van der Waals surface area contributed by atoms with Gasteiger partial charge in [0, 0.05) is 42.8 Å². The molecule has 20 heavy (non-hydrogen) atoms. The van der Waals surface area contributed by atoms with E-state index in [4.69, 9.17) is 11.6 Å². The minimum Gasteiger partial charge on any atom is -0.505 e. The standard InChI is InChI=1S/C13H18ClFN2O.2ClH/c1-2-12(17-5-3-16-4-6-17)10-7-9(14)8-11(15)13(10)18;;/h7-8,12,16,18H,2-6H2,1H3;2*1H/t12-;;/m0../s1. The van der Waals surface area contributed by atoms with Crippen LogP contribution in [0.25, 0.3) is 0 Å². The van der Waals surface area contributed by atoms with E-state index in [1.807, 2.05) is 6.92 Å². The molecule has 1 aromatic carbocycles. The Morgan fingerprint density at radius 2 is 1.95 bits per heavy atom. The molecule has 1 aromatic rings. The summed E-state index contributed by atoms with van der Waals surface area (Å²) in [6, 6.07) is 2.82. The Labute approximate surface area is 136 Å². The number of phenolic OH excluding ortho intramolecular Hbond substituents is 1. The quantitative estimate of drug-likeness (QED) is 0.881. The van der Waals surface area contributed by atoms with E-state index in [-0.39, 0.29) is 36.6 Å². The Kier molecular flexibility index (Phi) is 8.79. The first-order chi connectivity index (χ1) is 8.63. The number of hydrogen-bond donors (Lipinski definition) is 2. The molecule has 0 bridgehead atoms. The van der Waals surface area contributed by atoms with Gasteiger partial charge in [-0.15, -0.1) is 24.8 Å². The summed E-state index contributed by atoms with van der Waals surface area (Å²) < 4.78 is 13.5. The minimum absolute atomic E-state index is 0.